The summed E-state index contributed by atoms with van der Waals surface area (Å²) in [6.07, 6.45) is 0.824. The molecule has 0 aromatic carbocycles. The van der Waals surface area contributed by atoms with Crippen LogP contribution in [-0.2, 0) is 0 Å². The van der Waals surface area contributed by atoms with Gasteiger partial charge in [0.2, 0.25) is 0 Å². The van der Waals surface area contributed by atoms with Crippen molar-refractivity contribution in [2.24, 2.45) is 5.92 Å². The van der Waals surface area contributed by atoms with Crippen molar-refractivity contribution in [3.63, 3.8) is 0 Å². The average Bonchev–Trinajstić information content (AvgIpc) is 2.57. The van der Waals surface area contributed by atoms with Crippen molar-refractivity contribution in [1.82, 2.24) is 4.98 Å². The van der Waals surface area contributed by atoms with Crippen molar-refractivity contribution in [1.29, 1.82) is 0 Å². The van der Waals surface area contributed by atoms with E-state index >= 15 is 0 Å². The lowest BCUT2D eigenvalue weighted by atomic mass is 9.96. The Kier molecular flexibility index (Phi) is 3.09. The molecule has 0 bridgehead atoms. The number of hydrogen-bond acceptors (Lipinski definition) is 4. The molecule has 2 atom stereocenters. The zero-order chi connectivity index (χ0) is 10.1. The van der Waals surface area contributed by atoms with Gasteiger partial charge in [0.05, 0.1) is 6.10 Å². The van der Waals surface area contributed by atoms with E-state index < -0.39 is 0 Å². The molecule has 0 amide bonds. The standard InChI is InChI=1S/C9H13BrN2OS/c1-6-2-3-12(4-7(6)13)9-11-8(10)5-14-9/h5-7,13H,2-4H2,1H3. The number of hydrogen-bond donors (Lipinski definition) is 1. The summed E-state index contributed by atoms with van der Waals surface area (Å²) in [7, 11) is 0. The molecule has 1 fully saturated rings. The van der Waals surface area contributed by atoms with Crippen LogP contribution in [0.5, 0.6) is 0 Å². The molecule has 2 heterocycles. The second kappa shape index (κ2) is 4.16. The van der Waals surface area contributed by atoms with Gasteiger partial charge in [-0.1, -0.05) is 6.92 Å². The van der Waals surface area contributed by atoms with Crippen molar-refractivity contribution in [2.45, 2.75) is 19.4 Å². The molecule has 1 aromatic heterocycles. The van der Waals surface area contributed by atoms with E-state index in [9.17, 15) is 5.11 Å². The molecular weight excluding hydrogens is 264 g/mol. The highest BCUT2D eigenvalue weighted by molar-refractivity contribution is 9.10. The van der Waals surface area contributed by atoms with E-state index in [-0.39, 0.29) is 6.10 Å². The maximum absolute atomic E-state index is 9.74. The van der Waals surface area contributed by atoms with Crippen LogP contribution in [0.25, 0.3) is 0 Å². The van der Waals surface area contributed by atoms with Crippen molar-refractivity contribution in [2.75, 3.05) is 18.0 Å². The van der Waals surface area contributed by atoms with Gasteiger partial charge in [0.15, 0.2) is 5.13 Å². The molecule has 0 saturated carbocycles. The molecule has 3 nitrogen and oxygen atoms in total. The molecule has 0 radical (unpaired) electrons. The molecule has 2 unspecified atom stereocenters. The van der Waals surface area contributed by atoms with Gasteiger partial charge >= 0.3 is 0 Å². The summed E-state index contributed by atoms with van der Waals surface area (Å²) in [6, 6.07) is 0. The van der Waals surface area contributed by atoms with Crippen molar-refractivity contribution in [3.05, 3.63) is 9.98 Å². The van der Waals surface area contributed by atoms with Crippen LogP contribution in [0.1, 0.15) is 13.3 Å². The molecule has 1 saturated heterocycles. The van der Waals surface area contributed by atoms with Crippen molar-refractivity contribution in [3.8, 4) is 0 Å². The van der Waals surface area contributed by atoms with Crippen LogP contribution in [0.15, 0.2) is 9.98 Å². The van der Waals surface area contributed by atoms with Gasteiger partial charge < -0.3 is 10.0 Å². The number of rotatable bonds is 1. The fourth-order valence-electron chi connectivity index (χ4n) is 1.61. The van der Waals surface area contributed by atoms with E-state index in [1.165, 1.54) is 0 Å². The molecular formula is C9H13BrN2OS. The van der Waals surface area contributed by atoms with Gasteiger partial charge in [0, 0.05) is 18.5 Å². The number of nitrogens with zero attached hydrogens (tertiary/aromatic N) is 2. The Bertz CT molecular complexity index is 318. The summed E-state index contributed by atoms with van der Waals surface area (Å²) >= 11 is 4.95. The average molecular weight is 277 g/mol. The minimum atomic E-state index is -0.216. The lowest BCUT2D eigenvalue weighted by molar-refractivity contribution is 0.103. The summed E-state index contributed by atoms with van der Waals surface area (Å²) < 4.78 is 0.880. The summed E-state index contributed by atoms with van der Waals surface area (Å²) in [5.41, 5.74) is 0. The molecule has 1 aliphatic heterocycles. The Balaban J connectivity index is 2.06. The van der Waals surface area contributed by atoms with Crippen molar-refractivity contribution < 1.29 is 5.11 Å². The van der Waals surface area contributed by atoms with E-state index in [4.69, 9.17) is 0 Å². The van der Waals surface area contributed by atoms with Crippen LogP contribution < -0.4 is 4.90 Å². The number of halogens is 1. The Hall–Kier alpha value is -0.130. The molecule has 78 valence electrons. The van der Waals surface area contributed by atoms with E-state index in [0.717, 1.165) is 22.7 Å². The summed E-state index contributed by atoms with van der Waals surface area (Å²) in [6.45, 7) is 3.80. The van der Waals surface area contributed by atoms with Gasteiger partial charge in [0.25, 0.3) is 0 Å². The first-order valence-corrected chi connectivity index (χ1v) is 6.38. The number of anilines is 1. The van der Waals surface area contributed by atoms with Crippen LogP contribution in [0.3, 0.4) is 0 Å². The summed E-state index contributed by atoms with van der Waals surface area (Å²) in [4.78, 5) is 6.50. The predicted molar refractivity (Wildman–Crippen MR) is 61.8 cm³/mol. The first kappa shape index (κ1) is 10.4. The zero-order valence-corrected chi connectivity index (χ0v) is 10.4. The van der Waals surface area contributed by atoms with Crippen LogP contribution in [0.2, 0.25) is 0 Å². The fraction of sp³-hybridized carbons (Fsp3) is 0.667. The largest absolute Gasteiger partial charge is 0.391 e. The monoisotopic (exact) mass is 276 g/mol. The second-order valence-corrected chi connectivity index (χ2v) is 5.38. The molecule has 1 N–H and O–H groups in total. The third-order valence-electron chi connectivity index (χ3n) is 2.65. The first-order chi connectivity index (χ1) is 6.66. The SMILES string of the molecule is CC1CCN(c2nc(Br)cs2)CC1O. The number of aliphatic hydroxyl groups is 1. The molecule has 0 aliphatic carbocycles. The van der Waals surface area contributed by atoms with Gasteiger partial charge in [-0.15, -0.1) is 11.3 Å². The Morgan fingerprint density at radius 1 is 1.71 bits per heavy atom. The van der Waals surface area contributed by atoms with Gasteiger partial charge in [-0.2, -0.15) is 0 Å². The highest BCUT2D eigenvalue weighted by atomic mass is 79.9. The Morgan fingerprint density at radius 3 is 3.07 bits per heavy atom. The highest BCUT2D eigenvalue weighted by Gasteiger charge is 2.25. The normalized spacial score (nSPS) is 28.1. The molecule has 1 aromatic rings. The Labute approximate surface area is 95.9 Å². The minimum Gasteiger partial charge on any atom is -0.391 e. The molecule has 2 rings (SSSR count). The lowest BCUT2D eigenvalue weighted by Gasteiger charge is -2.33. The van der Waals surface area contributed by atoms with Crippen LogP contribution in [0.4, 0.5) is 5.13 Å². The third kappa shape index (κ3) is 2.10. The number of β-amino-alcohol motifs (C(OH)–C–C–N with tert-alkyl or cyclic N) is 1. The Morgan fingerprint density at radius 2 is 2.50 bits per heavy atom. The topological polar surface area (TPSA) is 36.4 Å². The fourth-order valence-corrected chi connectivity index (χ4v) is 2.90. The molecule has 5 heteroatoms. The first-order valence-electron chi connectivity index (χ1n) is 4.71. The number of thiazole rings is 1. The van der Waals surface area contributed by atoms with Crippen LogP contribution in [-0.4, -0.2) is 29.3 Å². The molecule has 1 aliphatic rings. The van der Waals surface area contributed by atoms with Crippen LogP contribution in [0, 0.1) is 5.92 Å². The van der Waals surface area contributed by atoms with E-state index in [0.29, 0.717) is 12.5 Å². The number of aliphatic hydroxyl groups excluding tert-OH is 1. The van der Waals surface area contributed by atoms with Gasteiger partial charge in [0.1, 0.15) is 4.60 Å². The quantitative estimate of drug-likeness (QED) is 0.854. The number of aromatic nitrogens is 1. The lowest BCUT2D eigenvalue weighted by Crippen LogP contribution is -2.42. The van der Waals surface area contributed by atoms with Crippen molar-refractivity contribution >= 4 is 32.4 Å². The second-order valence-electron chi connectivity index (χ2n) is 3.73. The summed E-state index contributed by atoms with van der Waals surface area (Å²) in [5, 5.41) is 12.7. The summed E-state index contributed by atoms with van der Waals surface area (Å²) in [5.74, 6) is 0.412. The minimum absolute atomic E-state index is 0.216. The van der Waals surface area contributed by atoms with Crippen LogP contribution >= 0.6 is 27.3 Å². The predicted octanol–water partition coefficient (Wildman–Crippen LogP) is 2.11. The smallest absolute Gasteiger partial charge is 0.186 e. The maximum atomic E-state index is 9.74. The number of piperidine rings is 1. The van der Waals surface area contributed by atoms with E-state index in [2.05, 4.69) is 32.7 Å². The highest BCUT2D eigenvalue weighted by Crippen LogP contribution is 2.27. The van der Waals surface area contributed by atoms with Gasteiger partial charge in [-0.05, 0) is 28.3 Å². The third-order valence-corrected chi connectivity index (χ3v) is 4.26. The zero-order valence-electron chi connectivity index (χ0n) is 7.98. The maximum Gasteiger partial charge on any atom is 0.186 e. The van der Waals surface area contributed by atoms with Gasteiger partial charge in [-0.25, -0.2) is 4.98 Å². The molecule has 14 heavy (non-hydrogen) atoms. The van der Waals surface area contributed by atoms with E-state index in [1.54, 1.807) is 11.3 Å². The van der Waals surface area contributed by atoms with Gasteiger partial charge in [-0.3, -0.25) is 0 Å². The molecule has 0 spiro atoms. The van der Waals surface area contributed by atoms with E-state index in [1.807, 2.05) is 5.38 Å².